The zero-order chi connectivity index (χ0) is 17.0. The summed E-state index contributed by atoms with van der Waals surface area (Å²) >= 11 is 1.25. The summed E-state index contributed by atoms with van der Waals surface area (Å²) in [7, 11) is 0. The summed E-state index contributed by atoms with van der Waals surface area (Å²) in [6.45, 7) is 5.70. The van der Waals surface area contributed by atoms with Crippen molar-refractivity contribution in [1.82, 2.24) is 14.8 Å². The Bertz CT molecular complexity index is 716. The second-order valence-corrected chi connectivity index (χ2v) is 6.45. The highest BCUT2D eigenvalue weighted by atomic mass is 32.2. The van der Waals surface area contributed by atoms with Crippen molar-refractivity contribution in [3.63, 3.8) is 0 Å². The van der Waals surface area contributed by atoms with Gasteiger partial charge in [-0.25, -0.2) is 0 Å². The van der Waals surface area contributed by atoms with Gasteiger partial charge in [0.05, 0.1) is 10.2 Å². The normalized spacial score (nSPS) is 12.2. The molecular weight excluding hydrogens is 318 g/mol. The molecule has 8 nitrogen and oxygen atoms in total. The molecule has 2 rings (SSSR count). The lowest BCUT2D eigenvalue weighted by molar-refractivity contribution is -0.383. The van der Waals surface area contributed by atoms with Gasteiger partial charge in [-0.05, 0) is 26.8 Å². The van der Waals surface area contributed by atoms with Crippen molar-refractivity contribution in [3.05, 3.63) is 40.7 Å². The van der Waals surface area contributed by atoms with E-state index in [-0.39, 0.29) is 23.3 Å². The predicted molar refractivity (Wildman–Crippen MR) is 87.5 cm³/mol. The van der Waals surface area contributed by atoms with Crippen molar-refractivity contribution in [1.29, 1.82) is 0 Å². The fourth-order valence-electron chi connectivity index (χ4n) is 1.86. The molecule has 2 aromatic rings. The van der Waals surface area contributed by atoms with E-state index >= 15 is 0 Å². The SMILES string of the molecule is CC(C)n1cnnc1S[C@H](C)C(=O)Nc1ccccc1[N+](=O)[O-]. The molecule has 1 aromatic carbocycles. The van der Waals surface area contributed by atoms with Crippen molar-refractivity contribution in [3.8, 4) is 0 Å². The molecule has 23 heavy (non-hydrogen) atoms. The van der Waals surface area contributed by atoms with Crippen molar-refractivity contribution >= 4 is 29.0 Å². The van der Waals surface area contributed by atoms with Gasteiger partial charge >= 0.3 is 0 Å². The van der Waals surface area contributed by atoms with Crippen LogP contribution >= 0.6 is 11.8 Å². The van der Waals surface area contributed by atoms with Crippen LogP contribution in [0.25, 0.3) is 0 Å². The van der Waals surface area contributed by atoms with Gasteiger partial charge in [0.2, 0.25) is 5.91 Å². The summed E-state index contributed by atoms with van der Waals surface area (Å²) in [4.78, 5) is 22.7. The summed E-state index contributed by atoms with van der Waals surface area (Å²) in [6.07, 6.45) is 1.61. The topological polar surface area (TPSA) is 103 Å². The number of thioether (sulfide) groups is 1. The first-order valence-electron chi connectivity index (χ1n) is 7.00. The molecule has 0 fully saturated rings. The number of amides is 1. The van der Waals surface area contributed by atoms with Gasteiger partial charge in [0, 0.05) is 12.1 Å². The van der Waals surface area contributed by atoms with E-state index < -0.39 is 10.2 Å². The lowest BCUT2D eigenvalue weighted by Gasteiger charge is -2.14. The summed E-state index contributed by atoms with van der Waals surface area (Å²) in [5.74, 6) is -0.331. The van der Waals surface area contributed by atoms with Crippen molar-refractivity contribution in [2.45, 2.75) is 37.2 Å². The fraction of sp³-hybridized carbons (Fsp3) is 0.357. The van der Waals surface area contributed by atoms with Gasteiger partial charge < -0.3 is 9.88 Å². The molecule has 0 aliphatic rings. The van der Waals surface area contributed by atoms with E-state index in [4.69, 9.17) is 0 Å². The molecule has 122 valence electrons. The Hall–Kier alpha value is -2.42. The van der Waals surface area contributed by atoms with Crippen molar-refractivity contribution in [2.75, 3.05) is 5.32 Å². The molecule has 0 spiro atoms. The predicted octanol–water partition coefficient (Wildman–Crippen LogP) is 2.89. The number of nitro benzene ring substituents is 1. The van der Waals surface area contributed by atoms with Crippen LogP contribution in [0.1, 0.15) is 26.8 Å². The first-order valence-corrected chi connectivity index (χ1v) is 7.88. The maximum absolute atomic E-state index is 12.3. The molecule has 0 unspecified atom stereocenters. The molecule has 0 aliphatic carbocycles. The number of carbonyl (C=O) groups is 1. The van der Waals surface area contributed by atoms with E-state index in [1.54, 1.807) is 25.4 Å². The Morgan fingerprint density at radius 2 is 2.04 bits per heavy atom. The van der Waals surface area contributed by atoms with Gasteiger partial charge in [-0.3, -0.25) is 14.9 Å². The molecule has 1 heterocycles. The molecule has 0 saturated heterocycles. The summed E-state index contributed by atoms with van der Waals surface area (Å²) in [5, 5.41) is 21.6. The maximum atomic E-state index is 12.3. The number of nitro groups is 1. The van der Waals surface area contributed by atoms with Gasteiger partial charge in [0.25, 0.3) is 5.69 Å². The highest BCUT2D eigenvalue weighted by molar-refractivity contribution is 8.00. The average Bonchev–Trinajstić information content (AvgIpc) is 2.95. The van der Waals surface area contributed by atoms with E-state index in [0.29, 0.717) is 5.16 Å². The number of benzene rings is 1. The molecule has 0 bridgehead atoms. The Morgan fingerprint density at radius 3 is 2.70 bits per heavy atom. The molecule has 1 atom stereocenters. The van der Waals surface area contributed by atoms with Gasteiger partial charge in [-0.2, -0.15) is 0 Å². The number of hydrogen-bond donors (Lipinski definition) is 1. The summed E-state index contributed by atoms with van der Waals surface area (Å²) < 4.78 is 1.86. The Morgan fingerprint density at radius 1 is 1.35 bits per heavy atom. The fourth-order valence-corrected chi connectivity index (χ4v) is 2.81. The number of carbonyl (C=O) groups excluding carboxylic acids is 1. The van der Waals surface area contributed by atoms with Crippen molar-refractivity contribution < 1.29 is 9.72 Å². The lowest BCUT2D eigenvalue weighted by atomic mass is 10.2. The smallest absolute Gasteiger partial charge is 0.292 e. The minimum absolute atomic E-state index is 0.136. The van der Waals surface area contributed by atoms with Gasteiger partial charge in [0.1, 0.15) is 12.0 Å². The molecule has 1 N–H and O–H groups in total. The highest BCUT2D eigenvalue weighted by Crippen LogP contribution is 2.27. The van der Waals surface area contributed by atoms with Crippen LogP contribution in [0, 0.1) is 10.1 Å². The third-order valence-corrected chi connectivity index (χ3v) is 4.18. The van der Waals surface area contributed by atoms with Crippen LogP contribution in [-0.2, 0) is 4.79 Å². The molecular formula is C14H17N5O3S. The van der Waals surface area contributed by atoms with E-state index in [1.807, 2.05) is 18.4 Å². The molecule has 0 aliphatic heterocycles. The number of para-hydroxylation sites is 2. The van der Waals surface area contributed by atoms with Crippen molar-refractivity contribution in [2.24, 2.45) is 0 Å². The van der Waals surface area contributed by atoms with Crippen LogP contribution in [0.15, 0.2) is 35.7 Å². The largest absolute Gasteiger partial charge is 0.319 e. The number of nitrogens with zero attached hydrogens (tertiary/aromatic N) is 4. The summed E-state index contributed by atoms with van der Waals surface area (Å²) in [6, 6.07) is 6.22. The van der Waals surface area contributed by atoms with E-state index in [2.05, 4.69) is 15.5 Å². The second-order valence-electron chi connectivity index (χ2n) is 5.14. The number of aromatic nitrogens is 3. The quantitative estimate of drug-likeness (QED) is 0.494. The van der Waals surface area contributed by atoms with Crippen LogP contribution < -0.4 is 5.32 Å². The number of nitrogens with one attached hydrogen (secondary N) is 1. The maximum Gasteiger partial charge on any atom is 0.292 e. The zero-order valence-electron chi connectivity index (χ0n) is 13.0. The lowest BCUT2D eigenvalue weighted by Crippen LogP contribution is -2.23. The first-order chi connectivity index (χ1) is 10.9. The monoisotopic (exact) mass is 335 g/mol. The molecule has 1 aromatic heterocycles. The van der Waals surface area contributed by atoms with Crippen LogP contribution in [0.3, 0.4) is 0 Å². The standard InChI is InChI=1S/C14H17N5O3S/c1-9(2)18-8-15-17-14(18)23-10(3)13(20)16-11-6-4-5-7-12(11)19(21)22/h4-10H,1-3H3,(H,16,20)/t10-/m1/s1. The third kappa shape index (κ3) is 4.07. The zero-order valence-corrected chi connectivity index (χ0v) is 13.8. The summed E-state index contributed by atoms with van der Waals surface area (Å²) in [5.41, 5.74) is 0.0451. The van der Waals surface area contributed by atoms with E-state index in [0.717, 1.165) is 0 Å². The van der Waals surface area contributed by atoms with Crippen LogP contribution in [0.2, 0.25) is 0 Å². The Kier molecular flexibility index (Phi) is 5.32. The van der Waals surface area contributed by atoms with Gasteiger partial charge in [-0.15, -0.1) is 10.2 Å². The minimum atomic E-state index is -0.525. The molecule has 0 radical (unpaired) electrons. The minimum Gasteiger partial charge on any atom is -0.319 e. The third-order valence-electron chi connectivity index (χ3n) is 3.11. The number of rotatable bonds is 6. The first kappa shape index (κ1) is 16.9. The van der Waals surface area contributed by atoms with Crippen LogP contribution in [-0.4, -0.2) is 30.8 Å². The van der Waals surface area contributed by atoms with E-state index in [9.17, 15) is 14.9 Å². The number of anilines is 1. The van der Waals surface area contributed by atoms with Gasteiger partial charge in [0.15, 0.2) is 5.16 Å². The molecule has 9 heteroatoms. The number of hydrogen-bond acceptors (Lipinski definition) is 6. The second kappa shape index (κ2) is 7.23. The Balaban J connectivity index is 2.09. The highest BCUT2D eigenvalue weighted by Gasteiger charge is 2.21. The van der Waals surface area contributed by atoms with Gasteiger partial charge in [-0.1, -0.05) is 23.9 Å². The van der Waals surface area contributed by atoms with E-state index in [1.165, 1.54) is 23.9 Å². The molecule has 0 saturated carbocycles. The average molecular weight is 335 g/mol. The molecule has 1 amide bonds. The Labute approximate surface area is 137 Å². The van der Waals surface area contributed by atoms with Crippen LogP contribution in [0.5, 0.6) is 0 Å². The van der Waals surface area contributed by atoms with Crippen LogP contribution in [0.4, 0.5) is 11.4 Å².